The molecule has 30 heavy (non-hydrogen) atoms. The molecule has 0 amide bonds. The minimum atomic E-state index is -0.154. The van der Waals surface area contributed by atoms with Gasteiger partial charge in [-0.25, -0.2) is 0 Å². The number of ketones is 1. The minimum absolute atomic E-state index is 0.154. The van der Waals surface area contributed by atoms with Gasteiger partial charge < -0.3 is 18.9 Å². The molecule has 0 atom stereocenters. The molecule has 3 aromatic carbocycles. The third-order valence-electron chi connectivity index (χ3n) is 4.79. The molecule has 0 N–H and O–H groups in total. The lowest BCUT2D eigenvalue weighted by Gasteiger charge is -2.05. The Balaban J connectivity index is 1.27. The van der Waals surface area contributed by atoms with E-state index in [-0.39, 0.29) is 18.3 Å². The first-order valence-electron chi connectivity index (χ1n) is 9.59. The monoisotopic (exact) mass is 398 g/mol. The van der Waals surface area contributed by atoms with Gasteiger partial charge >= 0.3 is 0 Å². The molecule has 0 saturated heterocycles. The molecule has 0 saturated carbocycles. The van der Waals surface area contributed by atoms with Gasteiger partial charge in [-0.15, -0.1) is 0 Å². The molecule has 3 aromatic rings. The van der Waals surface area contributed by atoms with Crippen LogP contribution >= 0.6 is 0 Å². The van der Waals surface area contributed by atoms with Gasteiger partial charge in [0.15, 0.2) is 17.3 Å². The maximum atomic E-state index is 12.7. The van der Waals surface area contributed by atoms with Crippen molar-refractivity contribution in [1.82, 2.24) is 0 Å². The summed E-state index contributed by atoms with van der Waals surface area (Å²) in [6, 6.07) is 20.8. The van der Waals surface area contributed by atoms with Crippen molar-refractivity contribution in [2.24, 2.45) is 0 Å². The molecule has 0 radical (unpaired) electrons. The van der Waals surface area contributed by atoms with Crippen molar-refractivity contribution in [2.45, 2.75) is 0 Å². The summed E-state index contributed by atoms with van der Waals surface area (Å²) in [5, 5.41) is 0. The van der Waals surface area contributed by atoms with Gasteiger partial charge in [0.25, 0.3) is 0 Å². The van der Waals surface area contributed by atoms with Crippen LogP contribution < -0.4 is 18.9 Å². The van der Waals surface area contributed by atoms with Crippen LogP contribution in [0, 0.1) is 0 Å². The maximum Gasteiger partial charge on any atom is 0.231 e. The van der Waals surface area contributed by atoms with Gasteiger partial charge in [0.05, 0.1) is 5.56 Å². The molecule has 0 spiro atoms. The smallest absolute Gasteiger partial charge is 0.231 e. The summed E-state index contributed by atoms with van der Waals surface area (Å²) in [5.74, 6) is 2.61. The van der Waals surface area contributed by atoms with Crippen molar-refractivity contribution in [1.29, 1.82) is 0 Å². The molecule has 0 aromatic heterocycles. The second-order valence-electron chi connectivity index (χ2n) is 6.83. The van der Waals surface area contributed by atoms with Crippen molar-refractivity contribution < 1.29 is 23.7 Å². The van der Waals surface area contributed by atoms with Crippen LogP contribution in [0.2, 0.25) is 0 Å². The van der Waals surface area contributed by atoms with Gasteiger partial charge in [0, 0.05) is 6.07 Å². The first kappa shape index (κ1) is 18.1. The van der Waals surface area contributed by atoms with Gasteiger partial charge in [-0.05, 0) is 47.5 Å². The van der Waals surface area contributed by atoms with Crippen LogP contribution in [0.25, 0.3) is 12.2 Å². The molecule has 2 aliphatic rings. The second kappa shape index (κ2) is 7.79. The van der Waals surface area contributed by atoms with Gasteiger partial charge in [-0.1, -0.05) is 42.5 Å². The molecule has 5 rings (SSSR count). The van der Waals surface area contributed by atoms with E-state index < -0.39 is 0 Å². The molecule has 0 aliphatic carbocycles. The number of rotatable bonds is 5. The average molecular weight is 398 g/mol. The zero-order valence-electron chi connectivity index (χ0n) is 16.0. The number of ether oxygens (including phenoxy) is 4. The summed E-state index contributed by atoms with van der Waals surface area (Å²) < 4.78 is 22.3. The fourth-order valence-corrected chi connectivity index (χ4v) is 3.30. The van der Waals surface area contributed by atoms with E-state index in [0.717, 1.165) is 11.1 Å². The molecule has 2 aliphatic heterocycles. The van der Waals surface area contributed by atoms with Crippen LogP contribution in [0.4, 0.5) is 0 Å². The lowest BCUT2D eigenvalue weighted by Crippen LogP contribution is -1.98. The molecule has 5 nitrogen and oxygen atoms in total. The zero-order chi connectivity index (χ0) is 20.3. The van der Waals surface area contributed by atoms with Crippen LogP contribution in [-0.4, -0.2) is 19.2 Å². The van der Waals surface area contributed by atoms with Gasteiger partial charge in [-0.2, -0.15) is 0 Å². The summed E-state index contributed by atoms with van der Waals surface area (Å²) in [6.45, 7) is 0.626. The summed E-state index contributed by atoms with van der Waals surface area (Å²) in [4.78, 5) is 12.7. The van der Waals surface area contributed by atoms with Gasteiger partial charge in [-0.3, -0.25) is 4.79 Å². The fourth-order valence-electron chi connectivity index (χ4n) is 3.30. The van der Waals surface area contributed by atoms with E-state index >= 15 is 0 Å². The zero-order valence-corrected chi connectivity index (χ0v) is 16.0. The lowest BCUT2D eigenvalue weighted by atomic mass is 10.1. The number of hydrogen-bond donors (Lipinski definition) is 0. The Morgan fingerprint density at radius 3 is 2.63 bits per heavy atom. The predicted octanol–water partition coefficient (Wildman–Crippen LogP) is 5.12. The highest BCUT2D eigenvalue weighted by Gasteiger charge is 2.28. The van der Waals surface area contributed by atoms with E-state index in [1.165, 1.54) is 0 Å². The van der Waals surface area contributed by atoms with Gasteiger partial charge in [0.1, 0.15) is 18.1 Å². The number of carbonyl (C=O) groups is 1. The average Bonchev–Trinajstić information content (AvgIpc) is 3.36. The van der Waals surface area contributed by atoms with Crippen LogP contribution in [0.5, 0.6) is 23.0 Å². The van der Waals surface area contributed by atoms with E-state index in [0.29, 0.717) is 35.2 Å². The SMILES string of the molecule is O=C1C(=Cc2ccc3c(c2)OCO3)Oc2cc(OCC=Cc3ccccc3)ccc21. The quantitative estimate of drug-likeness (QED) is 0.558. The topological polar surface area (TPSA) is 54.0 Å². The highest BCUT2D eigenvalue weighted by Crippen LogP contribution is 2.37. The number of Topliss-reactive ketones (excluding diaryl/α,β-unsaturated/α-hetero) is 1. The van der Waals surface area contributed by atoms with Crippen LogP contribution in [-0.2, 0) is 0 Å². The summed E-state index contributed by atoms with van der Waals surface area (Å²) >= 11 is 0. The Bertz CT molecular complexity index is 1160. The predicted molar refractivity (Wildman–Crippen MR) is 113 cm³/mol. The summed E-state index contributed by atoms with van der Waals surface area (Å²) in [5.41, 5.74) is 2.44. The highest BCUT2D eigenvalue weighted by molar-refractivity contribution is 6.14. The second-order valence-corrected chi connectivity index (χ2v) is 6.83. The first-order chi connectivity index (χ1) is 14.8. The minimum Gasteiger partial charge on any atom is -0.489 e. The van der Waals surface area contributed by atoms with Crippen molar-refractivity contribution in [3.63, 3.8) is 0 Å². The molecule has 2 heterocycles. The molecule has 0 fully saturated rings. The third-order valence-corrected chi connectivity index (χ3v) is 4.79. The van der Waals surface area contributed by atoms with E-state index in [2.05, 4.69) is 0 Å². The Morgan fingerprint density at radius 2 is 1.73 bits per heavy atom. The highest BCUT2D eigenvalue weighted by atomic mass is 16.7. The number of hydrogen-bond acceptors (Lipinski definition) is 5. The Labute approximate surface area is 173 Å². The first-order valence-corrected chi connectivity index (χ1v) is 9.59. The standard InChI is InChI=1S/C25H18O5/c26-25-20-10-9-19(27-12-4-7-17-5-2-1-3-6-17)15-22(20)30-24(25)14-18-8-11-21-23(13-18)29-16-28-21/h1-11,13-15H,12,16H2. The maximum absolute atomic E-state index is 12.7. The van der Waals surface area contributed by atoms with Crippen molar-refractivity contribution in [3.8, 4) is 23.0 Å². The number of benzene rings is 3. The Hall–Kier alpha value is -3.99. The van der Waals surface area contributed by atoms with E-state index in [1.807, 2.05) is 60.7 Å². The Morgan fingerprint density at radius 1 is 0.867 bits per heavy atom. The third kappa shape index (κ3) is 3.65. The number of fused-ring (bicyclic) bond motifs is 2. The van der Waals surface area contributed by atoms with Crippen LogP contribution in [0.3, 0.4) is 0 Å². The summed E-state index contributed by atoms with van der Waals surface area (Å²) in [6.07, 6.45) is 5.65. The number of allylic oxidation sites excluding steroid dienone is 1. The largest absolute Gasteiger partial charge is 0.489 e. The summed E-state index contributed by atoms with van der Waals surface area (Å²) in [7, 11) is 0. The van der Waals surface area contributed by atoms with E-state index in [1.54, 1.807) is 24.3 Å². The van der Waals surface area contributed by atoms with E-state index in [4.69, 9.17) is 18.9 Å². The van der Waals surface area contributed by atoms with Crippen molar-refractivity contribution in [2.75, 3.05) is 13.4 Å². The number of carbonyl (C=O) groups excluding carboxylic acids is 1. The molecule has 148 valence electrons. The van der Waals surface area contributed by atoms with Crippen LogP contribution in [0.1, 0.15) is 21.5 Å². The molecule has 0 unspecified atom stereocenters. The molecule has 5 heteroatoms. The van der Waals surface area contributed by atoms with Crippen molar-refractivity contribution in [3.05, 3.63) is 95.3 Å². The fraction of sp³-hybridized carbons (Fsp3) is 0.0800. The molecular formula is C25H18O5. The Kier molecular flexibility index (Phi) is 4.69. The van der Waals surface area contributed by atoms with Gasteiger partial charge in [0.2, 0.25) is 12.6 Å². The normalized spacial score (nSPS) is 15.5. The van der Waals surface area contributed by atoms with E-state index in [9.17, 15) is 4.79 Å². The molecule has 0 bridgehead atoms. The molecular weight excluding hydrogens is 380 g/mol. The lowest BCUT2D eigenvalue weighted by molar-refractivity contribution is 0.101. The van der Waals surface area contributed by atoms with Crippen molar-refractivity contribution >= 4 is 17.9 Å². The van der Waals surface area contributed by atoms with Crippen LogP contribution in [0.15, 0.2) is 78.6 Å².